The summed E-state index contributed by atoms with van der Waals surface area (Å²) >= 11 is 0. The zero-order chi connectivity index (χ0) is 27.5. The Bertz CT molecular complexity index is 995. The maximum absolute atomic E-state index is 13.7. The molecule has 4 amide bonds. The van der Waals surface area contributed by atoms with Crippen LogP contribution in [0.2, 0.25) is 0 Å². The number of amides is 4. The Balaban J connectivity index is 3.51. The SMILES string of the molecule is C=Cc1cccc(C(C(=O)NC(C)CCC)N(CC#N)C(=O)C(CC(N)=O)NC(=O)OC(C)(C)C)c1. The van der Waals surface area contributed by atoms with Crippen molar-refractivity contribution >= 4 is 29.9 Å². The average Bonchev–Trinajstić information content (AvgIpc) is 2.76. The number of carbonyl (C=O) groups excluding carboxylic acids is 4. The molecule has 1 rings (SSSR count). The molecular weight excluding hydrogens is 462 g/mol. The van der Waals surface area contributed by atoms with E-state index in [1.807, 2.05) is 19.9 Å². The van der Waals surface area contributed by atoms with Crippen molar-refractivity contribution in [3.63, 3.8) is 0 Å². The van der Waals surface area contributed by atoms with Crippen molar-refractivity contribution in [1.29, 1.82) is 5.26 Å². The molecule has 0 aliphatic carbocycles. The Morgan fingerprint density at radius 3 is 2.44 bits per heavy atom. The van der Waals surface area contributed by atoms with Gasteiger partial charge in [0.25, 0.3) is 0 Å². The lowest BCUT2D eigenvalue weighted by atomic mass is 9.99. The lowest BCUT2D eigenvalue weighted by Gasteiger charge is -2.33. The molecule has 0 aromatic heterocycles. The van der Waals surface area contributed by atoms with E-state index in [0.29, 0.717) is 17.5 Å². The lowest BCUT2D eigenvalue weighted by Crippen LogP contribution is -2.54. The second kappa shape index (κ2) is 13.9. The third-order valence-corrected chi connectivity index (χ3v) is 5.05. The first kappa shape index (κ1) is 30.2. The monoisotopic (exact) mass is 499 g/mol. The number of nitrogens with two attached hydrogens (primary N) is 1. The van der Waals surface area contributed by atoms with Gasteiger partial charge in [0.2, 0.25) is 17.7 Å². The van der Waals surface area contributed by atoms with E-state index in [1.165, 1.54) is 0 Å². The minimum Gasteiger partial charge on any atom is -0.444 e. The minimum absolute atomic E-state index is 0.187. The van der Waals surface area contributed by atoms with Crippen LogP contribution >= 0.6 is 0 Å². The molecule has 3 atom stereocenters. The van der Waals surface area contributed by atoms with Gasteiger partial charge in [-0.1, -0.05) is 44.2 Å². The number of primary amides is 1. The predicted octanol–water partition coefficient (Wildman–Crippen LogP) is 2.80. The maximum Gasteiger partial charge on any atom is 0.408 e. The van der Waals surface area contributed by atoms with Crippen molar-refractivity contribution in [2.75, 3.05) is 6.54 Å². The molecule has 1 aromatic carbocycles. The minimum atomic E-state index is -1.45. The number of nitrogens with one attached hydrogen (secondary N) is 2. The molecule has 10 nitrogen and oxygen atoms in total. The molecule has 0 saturated carbocycles. The van der Waals surface area contributed by atoms with Gasteiger partial charge in [0.1, 0.15) is 24.2 Å². The molecule has 1 aromatic rings. The van der Waals surface area contributed by atoms with Crippen molar-refractivity contribution < 1.29 is 23.9 Å². The Hall–Kier alpha value is -3.87. The van der Waals surface area contributed by atoms with Crippen LogP contribution in [0.25, 0.3) is 6.08 Å². The van der Waals surface area contributed by atoms with Crippen molar-refractivity contribution in [2.45, 2.75) is 77.6 Å². The highest BCUT2D eigenvalue weighted by molar-refractivity contribution is 5.94. The summed E-state index contributed by atoms with van der Waals surface area (Å²) in [6.45, 7) is 12.0. The van der Waals surface area contributed by atoms with Gasteiger partial charge in [0.15, 0.2) is 0 Å². The van der Waals surface area contributed by atoms with Crippen LogP contribution in [0, 0.1) is 11.3 Å². The molecule has 0 radical (unpaired) electrons. The summed E-state index contributed by atoms with van der Waals surface area (Å²) in [5, 5.41) is 14.8. The van der Waals surface area contributed by atoms with E-state index in [1.54, 1.807) is 51.1 Å². The highest BCUT2D eigenvalue weighted by Gasteiger charge is 2.37. The molecule has 196 valence electrons. The molecule has 0 bridgehead atoms. The highest BCUT2D eigenvalue weighted by Crippen LogP contribution is 2.25. The van der Waals surface area contributed by atoms with Crippen LogP contribution in [0.4, 0.5) is 4.79 Å². The van der Waals surface area contributed by atoms with Crippen LogP contribution in [0.5, 0.6) is 0 Å². The molecule has 10 heteroatoms. The number of carbonyl (C=O) groups is 4. The zero-order valence-electron chi connectivity index (χ0n) is 21.7. The van der Waals surface area contributed by atoms with Gasteiger partial charge in [-0.2, -0.15) is 5.26 Å². The topological polar surface area (TPSA) is 155 Å². The number of alkyl carbamates (subject to hydrolysis) is 1. The van der Waals surface area contributed by atoms with Crippen molar-refractivity contribution in [1.82, 2.24) is 15.5 Å². The van der Waals surface area contributed by atoms with Crippen LogP contribution in [-0.4, -0.2) is 52.9 Å². The number of nitrogens with zero attached hydrogens (tertiary/aromatic N) is 2. The van der Waals surface area contributed by atoms with Gasteiger partial charge >= 0.3 is 6.09 Å². The quantitative estimate of drug-likeness (QED) is 0.376. The maximum atomic E-state index is 13.7. The van der Waals surface area contributed by atoms with Gasteiger partial charge in [0.05, 0.1) is 12.5 Å². The van der Waals surface area contributed by atoms with Crippen LogP contribution in [0.3, 0.4) is 0 Å². The van der Waals surface area contributed by atoms with E-state index < -0.39 is 54.5 Å². The summed E-state index contributed by atoms with van der Waals surface area (Å²) in [6.07, 6.45) is 1.65. The molecular formula is C26H37N5O5. The van der Waals surface area contributed by atoms with E-state index >= 15 is 0 Å². The van der Waals surface area contributed by atoms with Crippen molar-refractivity contribution in [3.8, 4) is 6.07 Å². The lowest BCUT2D eigenvalue weighted by molar-refractivity contribution is -0.142. The third-order valence-electron chi connectivity index (χ3n) is 5.05. The fourth-order valence-electron chi connectivity index (χ4n) is 3.58. The van der Waals surface area contributed by atoms with E-state index in [-0.39, 0.29) is 6.04 Å². The summed E-state index contributed by atoms with van der Waals surface area (Å²) in [5.41, 5.74) is 5.62. The van der Waals surface area contributed by atoms with E-state index in [0.717, 1.165) is 11.3 Å². The molecule has 36 heavy (non-hydrogen) atoms. The average molecular weight is 500 g/mol. The molecule has 0 aliphatic rings. The van der Waals surface area contributed by atoms with Gasteiger partial charge in [-0.05, 0) is 51.3 Å². The van der Waals surface area contributed by atoms with Gasteiger partial charge in [-0.3, -0.25) is 14.4 Å². The zero-order valence-corrected chi connectivity index (χ0v) is 21.7. The molecule has 0 fully saturated rings. The molecule has 0 spiro atoms. The normalized spacial score (nSPS) is 13.3. The summed E-state index contributed by atoms with van der Waals surface area (Å²) in [4.78, 5) is 52.3. The van der Waals surface area contributed by atoms with E-state index in [2.05, 4.69) is 17.2 Å². The number of benzene rings is 1. The molecule has 0 saturated heterocycles. The summed E-state index contributed by atoms with van der Waals surface area (Å²) in [5.74, 6) is -2.18. The first-order chi connectivity index (χ1) is 16.8. The number of hydrogen-bond acceptors (Lipinski definition) is 6. The second-order valence-corrected chi connectivity index (χ2v) is 9.47. The van der Waals surface area contributed by atoms with Crippen LogP contribution in [0.1, 0.15) is 71.0 Å². The fraction of sp³-hybridized carbons (Fsp3) is 0.500. The first-order valence-corrected chi connectivity index (χ1v) is 11.8. The Labute approximate surface area is 212 Å². The molecule has 0 aliphatic heterocycles. The predicted molar refractivity (Wildman–Crippen MR) is 136 cm³/mol. The van der Waals surface area contributed by atoms with Gasteiger partial charge < -0.3 is 26.0 Å². The van der Waals surface area contributed by atoms with Crippen LogP contribution in [-0.2, 0) is 19.1 Å². The van der Waals surface area contributed by atoms with Crippen molar-refractivity contribution in [3.05, 3.63) is 42.0 Å². The first-order valence-electron chi connectivity index (χ1n) is 11.8. The molecule has 0 heterocycles. The van der Waals surface area contributed by atoms with Gasteiger partial charge in [-0.25, -0.2) is 4.79 Å². The van der Waals surface area contributed by atoms with Crippen molar-refractivity contribution in [2.24, 2.45) is 5.73 Å². The number of rotatable bonds is 12. The van der Waals surface area contributed by atoms with Gasteiger partial charge in [0, 0.05) is 6.04 Å². The second-order valence-electron chi connectivity index (χ2n) is 9.47. The smallest absolute Gasteiger partial charge is 0.408 e. The number of ether oxygens (including phenoxy) is 1. The largest absolute Gasteiger partial charge is 0.444 e. The fourth-order valence-corrected chi connectivity index (χ4v) is 3.58. The van der Waals surface area contributed by atoms with E-state index in [9.17, 15) is 24.4 Å². The number of nitriles is 1. The highest BCUT2D eigenvalue weighted by atomic mass is 16.6. The summed E-state index contributed by atoms with van der Waals surface area (Å²) < 4.78 is 5.21. The molecule has 3 unspecified atom stereocenters. The van der Waals surface area contributed by atoms with E-state index in [4.69, 9.17) is 10.5 Å². The third kappa shape index (κ3) is 9.78. The Morgan fingerprint density at radius 2 is 1.92 bits per heavy atom. The molecule has 4 N–H and O–H groups in total. The Morgan fingerprint density at radius 1 is 1.25 bits per heavy atom. The van der Waals surface area contributed by atoms with Gasteiger partial charge in [-0.15, -0.1) is 0 Å². The standard InChI is InChI=1S/C26H37N5O5/c1-7-10-17(3)29-23(33)22(19-12-9-11-18(8-2)15-19)31(14-13-27)24(34)20(16-21(28)32)30-25(35)36-26(4,5)6/h8-9,11-12,15,17,20,22H,2,7,10,14,16H2,1,3-6H3,(H2,28,32)(H,29,33)(H,30,35). The summed E-state index contributed by atoms with van der Waals surface area (Å²) in [6, 6.07) is 5.88. The number of hydrogen-bond donors (Lipinski definition) is 3. The van der Waals surface area contributed by atoms with Crippen LogP contribution in [0.15, 0.2) is 30.8 Å². The van der Waals surface area contributed by atoms with Crippen LogP contribution < -0.4 is 16.4 Å². The summed E-state index contributed by atoms with van der Waals surface area (Å²) in [7, 11) is 0. The Kier molecular flexibility index (Phi) is 11.6.